The zero-order valence-corrected chi connectivity index (χ0v) is 16.2. The number of benzene rings is 1. The minimum atomic E-state index is -0.418. The molecular formula is C18H18ClN3O4S. The van der Waals surface area contributed by atoms with Crippen LogP contribution in [0, 0.1) is 6.92 Å². The molecule has 0 saturated carbocycles. The highest BCUT2D eigenvalue weighted by atomic mass is 35.5. The average Bonchev–Trinajstić information content (AvgIpc) is 3.26. The van der Waals surface area contributed by atoms with E-state index < -0.39 is 5.63 Å². The van der Waals surface area contributed by atoms with Gasteiger partial charge in [0.15, 0.2) is 5.16 Å². The van der Waals surface area contributed by atoms with Crippen LogP contribution < -0.4 is 11.3 Å². The highest BCUT2D eigenvalue weighted by Gasteiger charge is 2.20. The molecule has 27 heavy (non-hydrogen) atoms. The van der Waals surface area contributed by atoms with E-state index in [1.165, 1.54) is 17.8 Å². The first-order valence-electron chi connectivity index (χ1n) is 8.64. The SMILES string of the molecule is Cc1cc2oc(=O)cc(CSc3n[nH]c(=O)n3C[C@@H]3CCCO3)c2cc1Cl. The van der Waals surface area contributed by atoms with Crippen LogP contribution >= 0.6 is 23.4 Å². The lowest BCUT2D eigenvalue weighted by molar-refractivity contribution is 0.0941. The van der Waals surface area contributed by atoms with Crippen LogP contribution in [0.15, 0.2) is 37.4 Å². The van der Waals surface area contributed by atoms with E-state index in [1.54, 1.807) is 16.7 Å². The number of aromatic nitrogens is 3. The molecule has 3 heterocycles. The molecule has 142 valence electrons. The van der Waals surface area contributed by atoms with Gasteiger partial charge in [-0.25, -0.2) is 14.7 Å². The minimum absolute atomic E-state index is 0.0334. The molecule has 4 rings (SSSR count). The summed E-state index contributed by atoms with van der Waals surface area (Å²) in [6, 6.07) is 5.01. The van der Waals surface area contributed by atoms with Gasteiger partial charge in [-0.15, -0.1) is 5.10 Å². The normalized spacial score (nSPS) is 17.0. The van der Waals surface area contributed by atoms with E-state index in [1.807, 2.05) is 6.92 Å². The zero-order valence-electron chi connectivity index (χ0n) is 14.7. The third-order valence-corrected chi connectivity index (χ3v) is 6.03. The molecule has 3 aromatic rings. The first kappa shape index (κ1) is 18.3. The second kappa shape index (κ2) is 7.53. The van der Waals surface area contributed by atoms with Crippen LogP contribution in [-0.4, -0.2) is 27.5 Å². The molecular weight excluding hydrogens is 390 g/mol. The van der Waals surface area contributed by atoms with E-state index in [4.69, 9.17) is 20.8 Å². The first-order chi connectivity index (χ1) is 13.0. The number of hydrogen-bond donors (Lipinski definition) is 1. The topological polar surface area (TPSA) is 90.1 Å². The highest BCUT2D eigenvalue weighted by molar-refractivity contribution is 7.98. The van der Waals surface area contributed by atoms with Crippen LogP contribution in [0.4, 0.5) is 0 Å². The molecule has 0 amide bonds. The van der Waals surface area contributed by atoms with Gasteiger partial charge in [0.05, 0.1) is 12.6 Å². The summed E-state index contributed by atoms with van der Waals surface area (Å²) < 4.78 is 12.5. The first-order valence-corrected chi connectivity index (χ1v) is 10.00. The van der Waals surface area contributed by atoms with Crippen molar-refractivity contribution in [1.82, 2.24) is 14.8 Å². The maximum Gasteiger partial charge on any atom is 0.344 e. The Kier molecular flexibility index (Phi) is 5.12. The van der Waals surface area contributed by atoms with Gasteiger partial charge in [-0.1, -0.05) is 23.4 Å². The zero-order chi connectivity index (χ0) is 19.0. The van der Waals surface area contributed by atoms with Crippen molar-refractivity contribution in [3.05, 3.63) is 55.3 Å². The van der Waals surface area contributed by atoms with Crippen molar-refractivity contribution in [3.8, 4) is 0 Å². The molecule has 1 aliphatic heterocycles. The summed E-state index contributed by atoms with van der Waals surface area (Å²) >= 11 is 7.62. The number of halogens is 1. The van der Waals surface area contributed by atoms with E-state index in [9.17, 15) is 9.59 Å². The molecule has 1 atom stereocenters. The Morgan fingerprint density at radius 3 is 3.00 bits per heavy atom. The summed E-state index contributed by atoms with van der Waals surface area (Å²) in [4.78, 5) is 24.0. The predicted octanol–water partition coefficient (Wildman–Crippen LogP) is 3.11. The van der Waals surface area contributed by atoms with Crippen molar-refractivity contribution >= 4 is 34.3 Å². The summed E-state index contributed by atoms with van der Waals surface area (Å²) in [6.45, 7) is 3.06. The molecule has 2 aromatic heterocycles. The molecule has 0 spiro atoms. The molecule has 0 radical (unpaired) electrons. The summed E-state index contributed by atoms with van der Waals surface area (Å²) in [5, 5.41) is 8.56. The van der Waals surface area contributed by atoms with Gasteiger partial charge in [-0.2, -0.15) is 0 Å². The van der Waals surface area contributed by atoms with E-state index >= 15 is 0 Å². The average molecular weight is 408 g/mol. The fraction of sp³-hybridized carbons (Fsp3) is 0.389. The Hall–Kier alpha value is -2.03. The van der Waals surface area contributed by atoms with Gasteiger partial charge in [0.25, 0.3) is 0 Å². The fourth-order valence-electron chi connectivity index (χ4n) is 3.18. The lowest BCUT2D eigenvalue weighted by Crippen LogP contribution is -2.24. The Morgan fingerprint density at radius 2 is 2.22 bits per heavy atom. The van der Waals surface area contributed by atoms with Crippen LogP contribution in [0.25, 0.3) is 11.0 Å². The van der Waals surface area contributed by atoms with E-state index in [0.717, 1.165) is 36.0 Å². The summed E-state index contributed by atoms with van der Waals surface area (Å²) in [7, 11) is 0. The third kappa shape index (κ3) is 3.83. The fourth-order valence-corrected chi connectivity index (χ4v) is 4.29. The number of thioether (sulfide) groups is 1. The molecule has 1 fully saturated rings. The number of aromatic amines is 1. The molecule has 1 saturated heterocycles. The second-order valence-electron chi connectivity index (χ2n) is 6.53. The quantitative estimate of drug-likeness (QED) is 0.516. The Bertz CT molecular complexity index is 1100. The molecule has 1 aliphatic rings. The van der Waals surface area contributed by atoms with E-state index in [-0.39, 0.29) is 11.8 Å². The summed E-state index contributed by atoms with van der Waals surface area (Å²) in [5.41, 5.74) is 1.45. The number of ether oxygens (including phenoxy) is 1. The predicted molar refractivity (Wildman–Crippen MR) is 104 cm³/mol. The highest BCUT2D eigenvalue weighted by Crippen LogP contribution is 2.29. The maximum absolute atomic E-state index is 12.1. The number of hydrogen-bond acceptors (Lipinski definition) is 6. The van der Waals surface area contributed by atoms with Crippen LogP contribution in [0.1, 0.15) is 24.0 Å². The van der Waals surface area contributed by atoms with Crippen LogP contribution in [0.5, 0.6) is 0 Å². The molecule has 0 bridgehead atoms. The van der Waals surface area contributed by atoms with Crippen molar-refractivity contribution in [2.75, 3.05) is 6.61 Å². The number of aryl methyl sites for hydroxylation is 1. The number of fused-ring (bicyclic) bond motifs is 1. The minimum Gasteiger partial charge on any atom is -0.423 e. The summed E-state index contributed by atoms with van der Waals surface area (Å²) in [6.07, 6.45) is 1.97. The molecule has 0 aliphatic carbocycles. The molecule has 7 nitrogen and oxygen atoms in total. The van der Waals surface area contributed by atoms with Crippen molar-refractivity contribution in [1.29, 1.82) is 0 Å². The smallest absolute Gasteiger partial charge is 0.344 e. The Labute approximate surface area is 163 Å². The van der Waals surface area contributed by atoms with Gasteiger partial charge in [-0.05, 0) is 43.0 Å². The molecule has 9 heteroatoms. The maximum atomic E-state index is 12.1. The van der Waals surface area contributed by atoms with Crippen LogP contribution in [0.2, 0.25) is 5.02 Å². The van der Waals surface area contributed by atoms with Gasteiger partial charge in [-0.3, -0.25) is 4.57 Å². The lowest BCUT2D eigenvalue weighted by Gasteiger charge is -2.11. The largest absolute Gasteiger partial charge is 0.423 e. The van der Waals surface area contributed by atoms with Gasteiger partial charge in [0.2, 0.25) is 0 Å². The van der Waals surface area contributed by atoms with E-state index in [0.29, 0.717) is 28.1 Å². The molecule has 1 N–H and O–H groups in total. The van der Waals surface area contributed by atoms with Crippen molar-refractivity contribution in [2.24, 2.45) is 0 Å². The monoisotopic (exact) mass is 407 g/mol. The summed E-state index contributed by atoms with van der Waals surface area (Å²) in [5.74, 6) is 0.456. The number of H-pyrrole nitrogens is 1. The lowest BCUT2D eigenvalue weighted by atomic mass is 10.1. The molecule has 1 aromatic carbocycles. The van der Waals surface area contributed by atoms with Gasteiger partial charge >= 0.3 is 11.3 Å². The van der Waals surface area contributed by atoms with Crippen molar-refractivity contribution < 1.29 is 9.15 Å². The molecule has 0 unspecified atom stereocenters. The second-order valence-corrected chi connectivity index (χ2v) is 7.88. The van der Waals surface area contributed by atoms with Gasteiger partial charge < -0.3 is 9.15 Å². The van der Waals surface area contributed by atoms with Crippen molar-refractivity contribution in [3.63, 3.8) is 0 Å². The number of nitrogens with one attached hydrogen (secondary N) is 1. The van der Waals surface area contributed by atoms with Gasteiger partial charge in [0, 0.05) is 28.8 Å². The van der Waals surface area contributed by atoms with E-state index in [2.05, 4.69) is 10.2 Å². The van der Waals surface area contributed by atoms with Gasteiger partial charge in [0.1, 0.15) is 5.58 Å². The van der Waals surface area contributed by atoms with Crippen LogP contribution in [0.3, 0.4) is 0 Å². The Morgan fingerprint density at radius 1 is 1.37 bits per heavy atom. The Balaban J connectivity index is 1.62. The standard InChI is InChI=1S/C18H18ClN3O4S/c1-10-5-15-13(7-14(10)19)11(6-16(23)26-15)9-27-18-21-20-17(24)22(18)8-12-3-2-4-25-12/h5-7,12H,2-4,8-9H2,1H3,(H,20,24)/t12-/m0/s1. The van der Waals surface area contributed by atoms with Crippen molar-refractivity contribution in [2.45, 2.75) is 43.3 Å². The number of rotatable bonds is 5. The number of nitrogens with zero attached hydrogens (tertiary/aromatic N) is 2. The van der Waals surface area contributed by atoms with Crippen LogP contribution in [-0.2, 0) is 17.0 Å². The third-order valence-electron chi connectivity index (χ3n) is 4.60.